The van der Waals surface area contributed by atoms with Gasteiger partial charge in [0.1, 0.15) is 11.3 Å². The number of fused-ring (bicyclic) bond motifs is 1. The van der Waals surface area contributed by atoms with Crippen molar-refractivity contribution < 1.29 is 14.7 Å². The Bertz CT molecular complexity index is 695. The van der Waals surface area contributed by atoms with Gasteiger partial charge in [-0.3, -0.25) is 9.59 Å². The van der Waals surface area contributed by atoms with Crippen LogP contribution in [0.4, 0.5) is 0 Å². The number of allylic oxidation sites excluding steroid dienone is 1. The fraction of sp³-hybridized carbons (Fsp3) is 0.545. The number of carbonyl (C=O) groups excluding carboxylic acids is 2. The summed E-state index contributed by atoms with van der Waals surface area (Å²) in [5.74, 6) is -0.836. The van der Waals surface area contributed by atoms with Crippen molar-refractivity contribution in [2.45, 2.75) is 78.1 Å². The van der Waals surface area contributed by atoms with Crippen LogP contribution in [0, 0.1) is 0 Å². The predicted octanol–water partition coefficient (Wildman–Crippen LogP) is 5.31. The molecule has 0 atom stereocenters. The first-order valence-corrected chi connectivity index (χ1v) is 9.43. The number of benzene rings is 1. The lowest BCUT2D eigenvalue weighted by Crippen LogP contribution is -2.37. The maximum absolute atomic E-state index is 12.7. The van der Waals surface area contributed by atoms with Crippen LogP contribution in [-0.4, -0.2) is 16.7 Å². The molecule has 1 aliphatic carbocycles. The van der Waals surface area contributed by atoms with Gasteiger partial charge < -0.3 is 5.11 Å². The monoisotopic (exact) mass is 342 g/mol. The Kier molecular flexibility index (Phi) is 6.21. The molecule has 1 N–H and O–H groups in total. The fourth-order valence-corrected chi connectivity index (χ4v) is 3.58. The molecule has 0 fully saturated rings. The number of carbonyl (C=O) groups is 2. The summed E-state index contributed by atoms with van der Waals surface area (Å²) < 4.78 is 0. The van der Waals surface area contributed by atoms with Gasteiger partial charge >= 0.3 is 0 Å². The van der Waals surface area contributed by atoms with E-state index in [1.54, 1.807) is 0 Å². The number of Topliss-reactive ketones (excluding diaryl/α,β-unsaturated/α-hetero) is 2. The number of hydrogen-bond acceptors (Lipinski definition) is 3. The summed E-state index contributed by atoms with van der Waals surface area (Å²) in [5, 5.41) is 10.4. The molecule has 0 unspecified atom stereocenters. The van der Waals surface area contributed by atoms with Crippen molar-refractivity contribution in [1.82, 2.24) is 0 Å². The molecule has 0 radical (unpaired) electrons. The Morgan fingerprint density at radius 2 is 1.72 bits per heavy atom. The van der Waals surface area contributed by atoms with Crippen LogP contribution in [0.25, 0.3) is 5.76 Å². The summed E-state index contributed by atoms with van der Waals surface area (Å²) in [6.07, 6.45) is 8.47. The molecule has 0 saturated heterocycles. The summed E-state index contributed by atoms with van der Waals surface area (Å²) in [4.78, 5) is 24.5. The molecule has 1 aliphatic rings. The molecule has 25 heavy (non-hydrogen) atoms. The molecular formula is C22H30O3. The Morgan fingerprint density at radius 1 is 1.08 bits per heavy atom. The third-order valence-electron chi connectivity index (χ3n) is 5.22. The SMILES string of the molecule is CCCCCCCCc1ccc2c(c1)C(C)(C)C(=O)C(C(C)=O)=C2O. The van der Waals surface area contributed by atoms with E-state index in [9.17, 15) is 14.7 Å². The summed E-state index contributed by atoms with van der Waals surface area (Å²) >= 11 is 0. The van der Waals surface area contributed by atoms with Crippen molar-refractivity contribution in [3.63, 3.8) is 0 Å². The van der Waals surface area contributed by atoms with Crippen LogP contribution in [0.15, 0.2) is 23.8 Å². The minimum absolute atomic E-state index is 0.0684. The molecule has 0 amide bonds. The summed E-state index contributed by atoms with van der Waals surface area (Å²) in [5.41, 5.74) is 1.76. The second-order valence-electron chi connectivity index (χ2n) is 7.63. The molecule has 3 heteroatoms. The van der Waals surface area contributed by atoms with Gasteiger partial charge in [0.15, 0.2) is 11.6 Å². The number of aliphatic hydroxyl groups is 1. The van der Waals surface area contributed by atoms with Crippen LogP contribution in [0.3, 0.4) is 0 Å². The molecule has 1 aromatic carbocycles. The predicted molar refractivity (Wildman–Crippen MR) is 102 cm³/mol. The first-order valence-electron chi connectivity index (χ1n) is 9.43. The lowest BCUT2D eigenvalue weighted by molar-refractivity contribution is -0.123. The number of unbranched alkanes of at least 4 members (excludes halogenated alkanes) is 5. The van der Waals surface area contributed by atoms with Gasteiger partial charge in [-0.25, -0.2) is 0 Å². The van der Waals surface area contributed by atoms with Crippen molar-refractivity contribution in [1.29, 1.82) is 0 Å². The number of ketones is 2. The van der Waals surface area contributed by atoms with E-state index < -0.39 is 5.41 Å². The number of aliphatic hydroxyl groups excluding tert-OH is 1. The van der Waals surface area contributed by atoms with Gasteiger partial charge in [0.05, 0.1) is 5.41 Å². The minimum atomic E-state index is -0.792. The maximum Gasteiger partial charge on any atom is 0.180 e. The van der Waals surface area contributed by atoms with E-state index in [-0.39, 0.29) is 22.9 Å². The van der Waals surface area contributed by atoms with Gasteiger partial charge in [-0.05, 0) is 44.7 Å². The smallest absolute Gasteiger partial charge is 0.180 e. The highest BCUT2D eigenvalue weighted by molar-refractivity contribution is 6.28. The van der Waals surface area contributed by atoms with E-state index >= 15 is 0 Å². The molecule has 1 aromatic rings. The third kappa shape index (κ3) is 4.02. The topological polar surface area (TPSA) is 54.4 Å². The van der Waals surface area contributed by atoms with Crippen molar-refractivity contribution in [2.75, 3.05) is 0 Å². The van der Waals surface area contributed by atoms with Crippen LogP contribution >= 0.6 is 0 Å². The van der Waals surface area contributed by atoms with Gasteiger partial charge in [0.2, 0.25) is 0 Å². The second-order valence-corrected chi connectivity index (χ2v) is 7.63. The summed E-state index contributed by atoms with van der Waals surface area (Å²) in [7, 11) is 0. The van der Waals surface area contributed by atoms with Crippen molar-refractivity contribution in [3.8, 4) is 0 Å². The molecular weight excluding hydrogens is 312 g/mol. The zero-order chi connectivity index (χ0) is 18.6. The largest absolute Gasteiger partial charge is 0.506 e. The molecule has 136 valence electrons. The van der Waals surface area contributed by atoms with Gasteiger partial charge in [0, 0.05) is 5.56 Å². The molecule has 0 aromatic heterocycles. The van der Waals surface area contributed by atoms with E-state index in [4.69, 9.17) is 0 Å². The van der Waals surface area contributed by atoms with Gasteiger partial charge in [-0.15, -0.1) is 0 Å². The van der Waals surface area contributed by atoms with Crippen molar-refractivity contribution in [2.24, 2.45) is 0 Å². The molecule has 2 rings (SSSR count). The van der Waals surface area contributed by atoms with Crippen LogP contribution in [-0.2, 0) is 21.4 Å². The van der Waals surface area contributed by atoms with Gasteiger partial charge in [-0.1, -0.05) is 57.2 Å². The first kappa shape index (κ1) is 19.4. The Labute approximate surface area is 151 Å². The van der Waals surface area contributed by atoms with Crippen LogP contribution < -0.4 is 0 Å². The number of rotatable bonds is 8. The van der Waals surface area contributed by atoms with Crippen LogP contribution in [0.1, 0.15) is 82.9 Å². The zero-order valence-corrected chi connectivity index (χ0v) is 15.9. The highest BCUT2D eigenvalue weighted by atomic mass is 16.3. The highest BCUT2D eigenvalue weighted by Gasteiger charge is 2.42. The maximum atomic E-state index is 12.7. The summed E-state index contributed by atoms with van der Waals surface area (Å²) in [6.45, 7) is 7.21. The second kappa shape index (κ2) is 7.99. The van der Waals surface area contributed by atoms with Crippen molar-refractivity contribution >= 4 is 17.3 Å². The molecule has 0 aliphatic heterocycles. The minimum Gasteiger partial charge on any atom is -0.506 e. The van der Waals surface area contributed by atoms with Gasteiger partial charge in [-0.2, -0.15) is 0 Å². The third-order valence-corrected chi connectivity index (χ3v) is 5.22. The summed E-state index contributed by atoms with van der Waals surface area (Å²) in [6, 6.07) is 5.89. The lowest BCUT2D eigenvalue weighted by Gasteiger charge is -2.32. The number of aryl methyl sites for hydroxylation is 1. The highest BCUT2D eigenvalue weighted by Crippen LogP contribution is 2.40. The van der Waals surface area contributed by atoms with Gasteiger partial charge in [0.25, 0.3) is 0 Å². The molecule has 0 bridgehead atoms. The quantitative estimate of drug-likeness (QED) is 0.514. The average Bonchev–Trinajstić information content (AvgIpc) is 2.56. The van der Waals surface area contributed by atoms with Crippen LogP contribution in [0.5, 0.6) is 0 Å². The fourth-order valence-electron chi connectivity index (χ4n) is 3.58. The Morgan fingerprint density at radius 3 is 2.36 bits per heavy atom. The normalized spacial score (nSPS) is 16.1. The van der Waals surface area contributed by atoms with E-state index in [1.807, 2.05) is 32.0 Å². The molecule has 0 spiro atoms. The Balaban J connectivity index is 2.20. The average molecular weight is 342 g/mol. The molecule has 0 saturated carbocycles. The molecule has 3 nitrogen and oxygen atoms in total. The van der Waals surface area contributed by atoms with E-state index in [2.05, 4.69) is 6.92 Å². The van der Waals surface area contributed by atoms with E-state index in [1.165, 1.54) is 44.6 Å². The first-order chi connectivity index (χ1) is 11.8. The van der Waals surface area contributed by atoms with Crippen LogP contribution in [0.2, 0.25) is 0 Å². The van der Waals surface area contributed by atoms with Crippen molar-refractivity contribution in [3.05, 3.63) is 40.5 Å². The zero-order valence-electron chi connectivity index (χ0n) is 15.9. The Hall–Kier alpha value is -1.90. The van der Waals surface area contributed by atoms with E-state index in [0.29, 0.717) is 5.56 Å². The van der Waals surface area contributed by atoms with E-state index in [0.717, 1.165) is 18.4 Å². The lowest BCUT2D eigenvalue weighted by atomic mass is 9.70. The standard InChI is InChI=1S/C22H30O3/c1-5-6-7-8-9-10-11-16-12-13-17-18(14-16)22(3,4)21(25)19(15(2)23)20(17)24/h12-14,24H,5-11H2,1-4H3. The molecule has 0 heterocycles. The number of hydrogen-bond donors (Lipinski definition) is 1.